The van der Waals surface area contributed by atoms with E-state index >= 15 is 0 Å². The summed E-state index contributed by atoms with van der Waals surface area (Å²) in [5, 5.41) is 0. The first kappa shape index (κ1) is 23.2. The van der Waals surface area contributed by atoms with Gasteiger partial charge >= 0.3 is 0 Å². The molecule has 1 atom stereocenters. The van der Waals surface area contributed by atoms with Gasteiger partial charge in [0.1, 0.15) is 9.84 Å². The third-order valence-electron chi connectivity index (χ3n) is 5.43. The molecule has 7 heteroatoms. The van der Waals surface area contributed by atoms with E-state index in [1.807, 2.05) is 43.3 Å². The predicted octanol–water partition coefficient (Wildman–Crippen LogP) is 3.85. The van der Waals surface area contributed by atoms with Gasteiger partial charge in [-0.25, -0.2) is 8.42 Å². The third-order valence-corrected chi connectivity index (χ3v) is 6.44. The molecule has 0 saturated heterocycles. The summed E-state index contributed by atoms with van der Waals surface area (Å²) in [7, 11) is -1.63. The molecule has 0 saturated carbocycles. The van der Waals surface area contributed by atoms with Gasteiger partial charge in [-0.3, -0.25) is 0 Å². The zero-order valence-electron chi connectivity index (χ0n) is 18.4. The normalized spacial score (nSPS) is 15.3. The summed E-state index contributed by atoms with van der Waals surface area (Å²) in [5.74, 6) is 0.985. The number of anilines is 1. The summed E-state index contributed by atoms with van der Waals surface area (Å²) in [6.07, 6.45) is 4.65. The molecule has 0 aliphatic carbocycles. The first-order valence-electron chi connectivity index (χ1n) is 10.4. The molecule has 6 nitrogen and oxygen atoms in total. The highest BCUT2D eigenvalue weighted by atomic mass is 32.2. The summed E-state index contributed by atoms with van der Waals surface area (Å²) in [6, 6.07) is 11.6. The summed E-state index contributed by atoms with van der Waals surface area (Å²) in [5.41, 5.74) is 11.2. The molecule has 2 aromatic carbocycles. The quantitative estimate of drug-likeness (QED) is 0.590. The number of sulfone groups is 1. The number of hydrogen-bond donors (Lipinski definition) is 1. The fourth-order valence-electron chi connectivity index (χ4n) is 3.96. The molecule has 2 aromatic rings. The van der Waals surface area contributed by atoms with Gasteiger partial charge in [0.25, 0.3) is 0 Å². The van der Waals surface area contributed by atoms with Crippen molar-refractivity contribution in [3.05, 3.63) is 59.2 Å². The Morgan fingerprint density at radius 3 is 2.65 bits per heavy atom. The predicted molar refractivity (Wildman–Crippen MR) is 125 cm³/mol. The minimum atomic E-state index is -3.22. The van der Waals surface area contributed by atoms with E-state index < -0.39 is 9.84 Å². The van der Waals surface area contributed by atoms with Gasteiger partial charge in [-0.15, -0.1) is 0 Å². The van der Waals surface area contributed by atoms with E-state index in [1.54, 1.807) is 7.11 Å². The van der Waals surface area contributed by atoms with E-state index in [0.717, 1.165) is 23.1 Å². The summed E-state index contributed by atoms with van der Waals surface area (Å²) < 4.78 is 40.9. The number of hydrogen-bond acceptors (Lipinski definition) is 6. The Morgan fingerprint density at radius 1 is 1.19 bits per heavy atom. The Balaban J connectivity index is 1.98. The Hall–Kier alpha value is -2.51. The number of methoxy groups -OCH3 is 1. The second-order valence-corrected chi connectivity index (χ2v) is 9.95. The number of rotatable bonds is 9. The number of nitrogens with two attached hydrogens (primary N) is 1. The van der Waals surface area contributed by atoms with E-state index in [9.17, 15) is 8.42 Å². The minimum Gasteiger partial charge on any atom is -0.493 e. The number of para-hydroxylation sites is 1. The van der Waals surface area contributed by atoms with E-state index in [2.05, 4.69) is 6.08 Å². The largest absolute Gasteiger partial charge is 0.493 e. The molecule has 0 unspecified atom stereocenters. The van der Waals surface area contributed by atoms with Gasteiger partial charge in [0.05, 0.1) is 32.7 Å². The molecule has 0 aromatic heterocycles. The first-order chi connectivity index (χ1) is 14.8. The van der Waals surface area contributed by atoms with Crippen LogP contribution in [0.1, 0.15) is 36.0 Å². The second-order valence-electron chi connectivity index (χ2n) is 7.77. The lowest BCUT2D eigenvalue weighted by Crippen LogP contribution is -2.17. The lowest BCUT2D eigenvalue weighted by molar-refractivity contribution is 0.161. The van der Waals surface area contributed by atoms with E-state index in [1.165, 1.54) is 11.8 Å². The van der Waals surface area contributed by atoms with Crippen molar-refractivity contribution in [2.24, 2.45) is 0 Å². The number of benzene rings is 2. The Kier molecular flexibility index (Phi) is 7.62. The fraction of sp³-hybridized carbons (Fsp3) is 0.417. The summed E-state index contributed by atoms with van der Waals surface area (Å²) in [4.78, 5) is 0. The maximum atomic E-state index is 12.2. The Bertz CT molecular complexity index is 1050. The zero-order valence-corrected chi connectivity index (χ0v) is 19.2. The van der Waals surface area contributed by atoms with Crippen molar-refractivity contribution in [1.82, 2.24) is 0 Å². The van der Waals surface area contributed by atoms with Crippen LogP contribution in [0.4, 0.5) is 5.69 Å². The van der Waals surface area contributed by atoms with Crippen molar-refractivity contribution in [3.63, 3.8) is 0 Å². The first-order valence-corrected chi connectivity index (χ1v) is 12.5. The third kappa shape index (κ3) is 6.02. The summed E-state index contributed by atoms with van der Waals surface area (Å²) >= 11 is 0. The number of nitrogen functional groups attached to an aromatic ring is 1. The van der Waals surface area contributed by atoms with Crippen molar-refractivity contribution in [1.29, 1.82) is 0 Å². The highest BCUT2D eigenvalue weighted by molar-refractivity contribution is 7.90. The van der Waals surface area contributed by atoms with Gasteiger partial charge in [-0.05, 0) is 48.6 Å². The lowest BCUT2D eigenvalue weighted by atomic mass is 9.89. The molecule has 168 valence electrons. The molecule has 2 N–H and O–H groups in total. The van der Waals surface area contributed by atoms with Gasteiger partial charge in [0.2, 0.25) is 0 Å². The average molecular weight is 446 g/mol. The zero-order chi connectivity index (χ0) is 22.4. The average Bonchev–Trinajstić information content (AvgIpc) is 2.74. The standard InChI is InChI=1S/C24H31NO5S/c1-4-30-23-15-18(8-9-22(23)28-2)20(16-31(3,26)27)14-19-6-5-7-21(24(19)25)17-10-12-29-13-11-17/h5-10,15,20H,4,11-14,16,25H2,1-3H3/t20-/m1/s1. The van der Waals surface area contributed by atoms with E-state index in [-0.39, 0.29) is 11.7 Å². The van der Waals surface area contributed by atoms with Crippen LogP contribution in [0.2, 0.25) is 0 Å². The number of ether oxygens (including phenoxy) is 3. The van der Waals surface area contributed by atoms with E-state index in [4.69, 9.17) is 19.9 Å². The van der Waals surface area contributed by atoms with Crippen molar-refractivity contribution in [3.8, 4) is 11.5 Å². The minimum absolute atomic E-state index is 0.0189. The van der Waals surface area contributed by atoms with Crippen LogP contribution in [0.25, 0.3) is 5.57 Å². The van der Waals surface area contributed by atoms with Crippen LogP contribution in [0.5, 0.6) is 11.5 Å². The molecule has 0 fully saturated rings. The van der Waals surface area contributed by atoms with Crippen molar-refractivity contribution in [2.75, 3.05) is 44.7 Å². The highest BCUT2D eigenvalue weighted by Gasteiger charge is 2.22. The fourth-order valence-corrected chi connectivity index (χ4v) is 5.00. The van der Waals surface area contributed by atoms with Crippen LogP contribution in [0.3, 0.4) is 0 Å². The Labute approximate surface area is 184 Å². The van der Waals surface area contributed by atoms with Crippen molar-refractivity contribution >= 4 is 21.1 Å². The maximum absolute atomic E-state index is 12.2. The van der Waals surface area contributed by atoms with Crippen molar-refractivity contribution in [2.45, 2.75) is 25.7 Å². The van der Waals surface area contributed by atoms with Crippen LogP contribution in [-0.4, -0.2) is 47.4 Å². The monoisotopic (exact) mass is 445 g/mol. The molecular weight excluding hydrogens is 414 g/mol. The molecule has 1 aliphatic heterocycles. The molecule has 1 heterocycles. The van der Waals surface area contributed by atoms with Crippen LogP contribution in [0, 0.1) is 0 Å². The van der Waals surface area contributed by atoms with Gasteiger partial charge in [-0.2, -0.15) is 0 Å². The van der Waals surface area contributed by atoms with Crippen LogP contribution in [0.15, 0.2) is 42.5 Å². The molecule has 3 rings (SSSR count). The van der Waals surface area contributed by atoms with E-state index in [0.29, 0.717) is 43.4 Å². The smallest absolute Gasteiger partial charge is 0.161 e. The molecule has 0 bridgehead atoms. The van der Waals surface area contributed by atoms with Gasteiger partial charge in [-0.1, -0.05) is 30.3 Å². The van der Waals surface area contributed by atoms with Gasteiger partial charge in [0.15, 0.2) is 11.5 Å². The molecule has 31 heavy (non-hydrogen) atoms. The molecule has 0 radical (unpaired) electrons. The molecule has 0 spiro atoms. The van der Waals surface area contributed by atoms with Crippen LogP contribution in [-0.2, 0) is 21.0 Å². The van der Waals surface area contributed by atoms with Crippen LogP contribution < -0.4 is 15.2 Å². The van der Waals surface area contributed by atoms with Gasteiger partial charge in [0, 0.05) is 23.4 Å². The van der Waals surface area contributed by atoms with Crippen LogP contribution >= 0.6 is 0 Å². The molecular formula is C24H31NO5S. The SMILES string of the molecule is CCOc1cc([C@H](Cc2cccc(C3=CCOCC3)c2N)CS(C)(=O)=O)ccc1OC. The maximum Gasteiger partial charge on any atom is 0.161 e. The van der Waals surface area contributed by atoms with Crippen molar-refractivity contribution < 1.29 is 22.6 Å². The van der Waals surface area contributed by atoms with Gasteiger partial charge < -0.3 is 19.9 Å². The topological polar surface area (TPSA) is 87.9 Å². The lowest BCUT2D eigenvalue weighted by Gasteiger charge is -2.22. The highest BCUT2D eigenvalue weighted by Crippen LogP contribution is 2.35. The Morgan fingerprint density at radius 2 is 2.00 bits per heavy atom. The molecule has 0 amide bonds. The molecule has 1 aliphatic rings. The summed E-state index contributed by atoms with van der Waals surface area (Å²) in [6.45, 7) is 3.65. The second kappa shape index (κ2) is 10.2.